The molecule has 1 aromatic carbocycles. The number of benzene rings is 1. The number of ether oxygens (including phenoxy) is 1. The number of carbonyl (C=O) groups is 1. The zero-order valence-electron chi connectivity index (χ0n) is 12.6. The highest BCUT2D eigenvalue weighted by atomic mass is 19.1. The summed E-state index contributed by atoms with van der Waals surface area (Å²) in [6.45, 7) is 6.44. The van der Waals surface area contributed by atoms with Crippen LogP contribution in [-0.2, 0) is 11.3 Å². The summed E-state index contributed by atoms with van der Waals surface area (Å²) in [7, 11) is 1.42. The Balaban J connectivity index is 2.78. The van der Waals surface area contributed by atoms with E-state index in [4.69, 9.17) is 10.5 Å². The van der Waals surface area contributed by atoms with Crippen LogP contribution in [0, 0.1) is 5.82 Å². The summed E-state index contributed by atoms with van der Waals surface area (Å²) in [4.78, 5) is 13.8. The first-order valence-electron chi connectivity index (χ1n) is 6.66. The van der Waals surface area contributed by atoms with Crippen LogP contribution in [0.5, 0.6) is 5.75 Å². The average molecular weight is 282 g/mol. The molecule has 0 saturated carbocycles. The summed E-state index contributed by atoms with van der Waals surface area (Å²) in [5.74, 6) is -0.255. The normalized spacial score (nSPS) is 11.3. The van der Waals surface area contributed by atoms with Crippen LogP contribution >= 0.6 is 0 Å². The minimum Gasteiger partial charge on any atom is -0.494 e. The zero-order chi connectivity index (χ0) is 15.3. The second-order valence-electron chi connectivity index (χ2n) is 5.54. The van der Waals surface area contributed by atoms with Gasteiger partial charge in [0.15, 0.2) is 11.6 Å². The van der Waals surface area contributed by atoms with Crippen molar-refractivity contribution in [1.82, 2.24) is 4.90 Å². The van der Waals surface area contributed by atoms with E-state index in [2.05, 4.69) is 0 Å². The Kier molecular flexibility index (Phi) is 5.51. The maximum atomic E-state index is 13.6. The molecule has 0 spiro atoms. The van der Waals surface area contributed by atoms with Crippen molar-refractivity contribution in [1.29, 1.82) is 0 Å². The lowest BCUT2D eigenvalue weighted by Crippen LogP contribution is -2.41. The lowest BCUT2D eigenvalue weighted by atomic mass is 10.0. The van der Waals surface area contributed by atoms with Crippen molar-refractivity contribution >= 4 is 5.91 Å². The third kappa shape index (κ3) is 4.81. The van der Waals surface area contributed by atoms with E-state index in [1.165, 1.54) is 13.2 Å². The number of nitrogens with two attached hydrogens (primary N) is 1. The molecule has 1 rings (SSSR count). The van der Waals surface area contributed by atoms with Crippen molar-refractivity contribution in [3.63, 3.8) is 0 Å². The van der Waals surface area contributed by atoms with E-state index in [1.54, 1.807) is 17.0 Å². The highest BCUT2D eigenvalue weighted by molar-refractivity contribution is 5.77. The van der Waals surface area contributed by atoms with Gasteiger partial charge in [-0.25, -0.2) is 4.39 Å². The topological polar surface area (TPSA) is 55.6 Å². The van der Waals surface area contributed by atoms with Gasteiger partial charge in [0.05, 0.1) is 7.11 Å². The first-order valence-corrected chi connectivity index (χ1v) is 6.66. The fourth-order valence-electron chi connectivity index (χ4n) is 1.91. The van der Waals surface area contributed by atoms with Crippen LogP contribution in [0.25, 0.3) is 0 Å². The van der Waals surface area contributed by atoms with Crippen molar-refractivity contribution in [2.45, 2.75) is 39.3 Å². The first kappa shape index (κ1) is 16.4. The lowest BCUT2D eigenvalue weighted by molar-refractivity contribution is -0.132. The molecule has 0 aliphatic heterocycles. The molecule has 0 aliphatic carbocycles. The van der Waals surface area contributed by atoms with E-state index >= 15 is 0 Å². The van der Waals surface area contributed by atoms with Gasteiger partial charge in [0, 0.05) is 25.0 Å². The van der Waals surface area contributed by atoms with Crippen LogP contribution in [0.1, 0.15) is 32.8 Å². The summed E-state index contributed by atoms with van der Waals surface area (Å²) in [5, 5.41) is 0. The fraction of sp³-hybridized carbons (Fsp3) is 0.533. The van der Waals surface area contributed by atoms with Gasteiger partial charge in [-0.05, 0) is 38.5 Å². The van der Waals surface area contributed by atoms with Crippen molar-refractivity contribution in [2.75, 3.05) is 13.7 Å². The van der Waals surface area contributed by atoms with Crippen LogP contribution < -0.4 is 10.5 Å². The molecule has 2 N–H and O–H groups in total. The molecule has 0 bridgehead atoms. The summed E-state index contributed by atoms with van der Waals surface area (Å²) >= 11 is 0. The van der Waals surface area contributed by atoms with Crippen LogP contribution in [-0.4, -0.2) is 30.0 Å². The van der Waals surface area contributed by atoms with Gasteiger partial charge in [0.2, 0.25) is 5.91 Å². The van der Waals surface area contributed by atoms with E-state index in [1.807, 2.05) is 20.8 Å². The number of hydrogen-bond acceptors (Lipinski definition) is 3. The Morgan fingerprint density at radius 3 is 2.55 bits per heavy atom. The number of hydrogen-bond donors (Lipinski definition) is 1. The van der Waals surface area contributed by atoms with Gasteiger partial charge in [0.1, 0.15) is 0 Å². The molecular formula is C15H23FN2O2. The summed E-state index contributed by atoms with van der Waals surface area (Å²) < 4.78 is 18.5. The van der Waals surface area contributed by atoms with E-state index in [9.17, 15) is 9.18 Å². The molecule has 1 amide bonds. The highest BCUT2D eigenvalue weighted by Crippen LogP contribution is 2.19. The van der Waals surface area contributed by atoms with E-state index in [-0.39, 0.29) is 18.1 Å². The molecule has 1 aromatic rings. The summed E-state index contributed by atoms with van der Waals surface area (Å²) in [6, 6.07) is 4.71. The molecular weight excluding hydrogens is 259 g/mol. The Morgan fingerprint density at radius 2 is 2.10 bits per heavy atom. The molecule has 0 fully saturated rings. The summed E-state index contributed by atoms with van der Waals surface area (Å²) in [5.41, 5.74) is 6.04. The molecule has 4 nitrogen and oxygen atoms in total. The monoisotopic (exact) mass is 282 g/mol. The molecule has 0 heterocycles. The lowest BCUT2D eigenvalue weighted by Gasteiger charge is -2.25. The Labute approximate surface area is 119 Å². The SMILES string of the molecule is CCN(Cc1ccc(OC)c(F)c1)C(=O)CC(C)(C)N. The molecule has 112 valence electrons. The van der Waals surface area contributed by atoms with E-state index < -0.39 is 11.4 Å². The van der Waals surface area contributed by atoms with Gasteiger partial charge < -0.3 is 15.4 Å². The van der Waals surface area contributed by atoms with Gasteiger partial charge in [-0.2, -0.15) is 0 Å². The number of rotatable bonds is 6. The maximum Gasteiger partial charge on any atom is 0.224 e. The van der Waals surface area contributed by atoms with Crippen molar-refractivity contribution in [2.24, 2.45) is 5.73 Å². The van der Waals surface area contributed by atoms with E-state index in [0.717, 1.165) is 5.56 Å². The van der Waals surface area contributed by atoms with Crippen LogP contribution in [0.4, 0.5) is 4.39 Å². The third-order valence-electron chi connectivity index (χ3n) is 2.93. The van der Waals surface area contributed by atoms with Crippen LogP contribution in [0.2, 0.25) is 0 Å². The van der Waals surface area contributed by atoms with Gasteiger partial charge in [-0.15, -0.1) is 0 Å². The van der Waals surface area contributed by atoms with Crippen molar-refractivity contribution < 1.29 is 13.9 Å². The fourth-order valence-corrected chi connectivity index (χ4v) is 1.91. The molecule has 0 radical (unpaired) electrons. The predicted molar refractivity (Wildman–Crippen MR) is 76.9 cm³/mol. The molecule has 20 heavy (non-hydrogen) atoms. The smallest absolute Gasteiger partial charge is 0.224 e. The molecule has 0 saturated heterocycles. The van der Waals surface area contributed by atoms with Crippen molar-refractivity contribution in [3.8, 4) is 5.75 Å². The zero-order valence-corrected chi connectivity index (χ0v) is 12.6. The maximum absolute atomic E-state index is 13.6. The Bertz CT molecular complexity index is 469. The molecule has 5 heteroatoms. The summed E-state index contributed by atoms with van der Waals surface area (Å²) in [6.07, 6.45) is 0.263. The standard InChI is InChI=1S/C15H23FN2O2/c1-5-18(14(19)9-15(2,3)17)10-11-6-7-13(20-4)12(16)8-11/h6-8H,5,9-10,17H2,1-4H3. The largest absolute Gasteiger partial charge is 0.494 e. The number of nitrogens with zero attached hydrogens (tertiary/aromatic N) is 1. The minimum atomic E-state index is -0.546. The number of carbonyl (C=O) groups excluding carboxylic acids is 1. The Hall–Kier alpha value is -1.62. The molecule has 0 unspecified atom stereocenters. The molecule has 0 aromatic heterocycles. The molecule has 0 atom stereocenters. The highest BCUT2D eigenvalue weighted by Gasteiger charge is 2.21. The molecule has 0 aliphatic rings. The number of methoxy groups -OCH3 is 1. The quantitative estimate of drug-likeness (QED) is 0.871. The van der Waals surface area contributed by atoms with Gasteiger partial charge in [-0.3, -0.25) is 4.79 Å². The average Bonchev–Trinajstić information content (AvgIpc) is 2.33. The minimum absolute atomic E-state index is 0.0313. The number of amides is 1. The third-order valence-corrected chi connectivity index (χ3v) is 2.93. The van der Waals surface area contributed by atoms with Gasteiger partial charge >= 0.3 is 0 Å². The second kappa shape index (κ2) is 6.70. The van der Waals surface area contributed by atoms with Crippen molar-refractivity contribution in [3.05, 3.63) is 29.6 Å². The van der Waals surface area contributed by atoms with Gasteiger partial charge in [0.25, 0.3) is 0 Å². The Morgan fingerprint density at radius 1 is 1.45 bits per heavy atom. The number of halogens is 1. The van der Waals surface area contributed by atoms with Crippen LogP contribution in [0.15, 0.2) is 18.2 Å². The van der Waals surface area contributed by atoms with Crippen LogP contribution in [0.3, 0.4) is 0 Å². The first-order chi connectivity index (χ1) is 9.26. The van der Waals surface area contributed by atoms with Gasteiger partial charge in [-0.1, -0.05) is 6.07 Å². The predicted octanol–water partition coefficient (Wildman–Crippen LogP) is 2.31. The van der Waals surface area contributed by atoms with E-state index in [0.29, 0.717) is 13.1 Å². The second-order valence-corrected chi connectivity index (χ2v) is 5.54.